The van der Waals surface area contributed by atoms with E-state index in [0.29, 0.717) is 12.3 Å². The third-order valence-electron chi connectivity index (χ3n) is 3.55. The molecule has 1 aromatic heterocycles. The summed E-state index contributed by atoms with van der Waals surface area (Å²) in [4.78, 5) is 15.1. The van der Waals surface area contributed by atoms with Crippen LogP contribution >= 0.6 is 11.3 Å². The zero-order valence-electron chi connectivity index (χ0n) is 13.6. The topological polar surface area (TPSA) is 68.7 Å². The van der Waals surface area contributed by atoms with Crippen LogP contribution in [0.3, 0.4) is 0 Å². The van der Waals surface area contributed by atoms with Crippen LogP contribution in [0.4, 0.5) is 0 Å². The van der Waals surface area contributed by atoms with Crippen LogP contribution in [0.1, 0.15) is 11.3 Å². The van der Waals surface area contributed by atoms with Crippen LogP contribution in [-0.2, 0) is 17.8 Å². The number of rotatable bonds is 7. The van der Waals surface area contributed by atoms with Crippen molar-refractivity contribution in [1.29, 1.82) is 0 Å². The van der Waals surface area contributed by atoms with Crippen molar-refractivity contribution in [3.05, 3.63) is 65.2 Å². The molecule has 25 heavy (non-hydrogen) atoms. The molecule has 6 heteroatoms. The molecule has 0 saturated carbocycles. The van der Waals surface area contributed by atoms with Gasteiger partial charge in [0, 0.05) is 10.9 Å². The van der Waals surface area contributed by atoms with Crippen LogP contribution in [0.25, 0.3) is 10.6 Å². The minimum atomic E-state index is -0.872. The average molecular weight is 355 g/mol. The number of hydrogen-bond acceptors (Lipinski definition) is 5. The fraction of sp³-hybridized carbons (Fsp3) is 0.158. The Morgan fingerprint density at radius 3 is 2.40 bits per heavy atom. The molecule has 3 rings (SSSR count). The summed E-state index contributed by atoms with van der Waals surface area (Å²) in [6, 6.07) is 15.4. The zero-order chi connectivity index (χ0) is 17.6. The number of ether oxygens (including phenoxy) is 2. The number of carboxylic acids is 1. The number of nitrogens with zero attached hydrogens (tertiary/aromatic N) is 1. The number of carboxylic acid groups (broad SMARTS) is 1. The van der Waals surface area contributed by atoms with E-state index in [2.05, 4.69) is 4.98 Å². The van der Waals surface area contributed by atoms with Gasteiger partial charge in [-0.05, 0) is 29.8 Å². The van der Waals surface area contributed by atoms with Gasteiger partial charge < -0.3 is 14.6 Å². The number of thiazole rings is 1. The number of benzene rings is 2. The van der Waals surface area contributed by atoms with Crippen molar-refractivity contribution in [2.45, 2.75) is 13.0 Å². The van der Waals surface area contributed by atoms with Gasteiger partial charge in [-0.2, -0.15) is 0 Å². The van der Waals surface area contributed by atoms with Gasteiger partial charge in [0.05, 0.1) is 19.2 Å². The molecule has 1 heterocycles. The molecule has 0 aliphatic heterocycles. The van der Waals surface area contributed by atoms with Gasteiger partial charge in [-0.15, -0.1) is 11.3 Å². The Hall–Kier alpha value is -2.86. The lowest BCUT2D eigenvalue weighted by atomic mass is 10.1. The highest BCUT2D eigenvalue weighted by Gasteiger charge is 2.08. The normalized spacial score (nSPS) is 10.4. The lowest BCUT2D eigenvalue weighted by Crippen LogP contribution is -1.99. The lowest BCUT2D eigenvalue weighted by Gasteiger charge is -2.07. The molecule has 0 atom stereocenters. The molecule has 5 nitrogen and oxygen atoms in total. The minimum Gasteiger partial charge on any atom is -0.497 e. The first-order valence-electron chi connectivity index (χ1n) is 7.66. The maximum Gasteiger partial charge on any atom is 0.309 e. The SMILES string of the molecule is COc1ccc(OCc2ccc(-c3nc(CC(=O)O)cs3)cc2)cc1. The van der Waals surface area contributed by atoms with Gasteiger partial charge in [0.2, 0.25) is 0 Å². The summed E-state index contributed by atoms with van der Waals surface area (Å²) >= 11 is 1.45. The van der Waals surface area contributed by atoms with Crippen molar-refractivity contribution in [3.63, 3.8) is 0 Å². The molecule has 3 aromatic rings. The highest BCUT2D eigenvalue weighted by atomic mass is 32.1. The monoisotopic (exact) mass is 355 g/mol. The van der Waals surface area contributed by atoms with Gasteiger partial charge in [-0.1, -0.05) is 24.3 Å². The second kappa shape index (κ2) is 7.81. The van der Waals surface area contributed by atoms with E-state index in [1.54, 1.807) is 12.5 Å². The molecule has 128 valence electrons. The van der Waals surface area contributed by atoms with Gasteiger partial charge in [0.15, 0.2) is 0 Å². The third-order valence-corrected chi connectivity index (χ3v) is 4.49. The fourth-order valence-corrected chi connectivity index (χ4v) is 3.08. The third kappa shape index (κ3) is 4.58. The number of hydrogen-bond donors (Lipinski definition) is 1. The van der Waals surface area contributed by atoms with Gasteiger partial charge in [0.1, 0.15) is 23.1 Å². The van der Waals surface area contributed by atoms with E-state index in [0.717, 1.165) is 27.6 Å². The van der Waals surface area contributed by atoms with Crippen molar-refractivity contribution < 1.29 is 19.4 Å². The number of carbonyl (C=O) groups is 1. The van der Waals surface area contributed by atoms with Crippen LogP contribution < -0.4 is 9.47 Å². The molecule has 0 amide bonds. The summed E-state index contributed by atoms with van der Waals surface area (Å²) in [5, 5.41) is 11.4. The standard InChI is InChI=1S/C19H17NO4S/c1-23-16-6-8-17(9-7-16)24-11-13-2-4-14(5-3-13)19-20-15(12-25-19)10-18(21)22/h2-9,12H,10-11H2,1H3,(H,21,22). The Labute approximate surface area is 149 Å². The van der Waals surface area contributed by atoms with E-state index < -0.39 is 5.97 Å². The van der Waals surface area contributed by atoms with Gasteiger partial charge in [-0.3, -0.25) is 4.79 Å². The summed E-state index contributed by atoms with van der Waals surface area (Å²) in [6.45, 7) is 0.467. The summed E-state index contributed by atoms with van der Waals surface area (Å²) in [5.74, 6) is 0.702. The van der Waals surface area contributed by atoms with Crippen LogP contribution in [0.15, 0.2) is 53.9 Å². The molecule has 0 fully saturated rings. The molecule has 0 spiro atoms. The molecule has 0 aliphatic carbocycles. The van der Waals surface area contributed by atoms with Crippen LogP contribution in [0.5, 0.6) is 11.5 Å². The van der Waals surface area contributed by atoms with Gasteiger partial charge in [0.25, 0.3) is 0 Å². The Kier molecular flexibility index (Phi) is 5.30. The maximum absolute atomic E-state index is 10.7. The number of aliphatic carboxylic acids is 1. The van der Waals surface area contributed by atoms with Crippen molar-refractivity contribution >= 4 is 17.3 Å². The quantitative estimate of drug-likeness (QED) is 0.693. The van der Waals surface area contributed by atoms with Crippen molar-refractivity contribution in [3.8, 4) is 22.1 Å². The zero-order valence-corrected chi connectivity index (χ0v) is 14.5. The second-order valence-electron chi connectivity index (χ2n) is 5.38. The van der Waals surface area contributed by atoms with Crippen molar-refractivity contribution in [2.24, 2.45) is 0 Å². The van der Waals surface area contributed by atoms with Crippen molar-refractivity contribution in [1.82, 2.24) is 4.98 Å². The van der Waals surface area contributed by atoms with Crippen LogP contribution in [0.2, 0.25) is 0 Å². The van der Waals surface area contributed by atoms with E-state index in [-0.39, 0.29) is 6.42 Å². The van der Waals surface area contributed by atoms with Crippen molar-refractivity contribution in [2.75, 3.05) is 7.11 Å². The Bertz CT molecular complexity index is 841. The van der Waals surface area contributed by atoms with Gasteiger partial charge in [-0.25, -0.2) is 4.98 Å². The highest BCUT2D eigenvalue weighted by Crippen LogP contribution is 2.25. The largest absolute Gasteiger partial charge is 0.497 e. The van der Waals surface area contributed by atoms with E-state index in [1.165, 1.54) is 11.3 Å². The number of aromatic nitrogens is 1. The molecule has 2 aromatic carbocycles. The Balaban J connectivity index is 1.61. The predicted molar refractivity (Wildman–Crippen MR) is 96.2 cm³/mol. The van der Waals surface area contributed by atoms with Crippen LogP contribution in [0, 0.1) is 0 Å². The summed E-state index contributed by atoms with van der Waals surface area (Å²) < 4.78 is 10.9. The molecule has 0 aliphatic rings. The van der Waals surface area contributed by atoms with Gasteiger partial charge >= 0.3 is 5.97 Å². The van der Waals surface area contributed by atoms with E-state index in [9.17, 15) is 4.79 Å². The smallest absolute Gasteiger partial charge is 0.309 e. The second-order valence-corrected chi connectivity index (χ2v) is 6.23. The molecule has 0 unspecified atom stereocenters. The summed E-state index contributed by atoms with van der Waals surface area (Å²) in [5.41, 5.74) is 2.59. The molecule has 0 bridgehead atoms. The van der Waals surface area contributed by atoms with Crippen LogP contribution in [-0.4, -0.2) is 23.2 Å². The van der Waals surface area contributed by atoms with E-state index in [4.69, 9.17) is 14.6 Å². The lowest BCUT2D eigenvalue weighted by molar-refractivity contribution is -0.136. The minimum absolute atomic E-state index is 0.0513. The highest BCUT2D eigenvalue weighted by molar-refractivity contribution is 7.13. The Morgan fingerprint density at radius 1 is 1.08 bits per heavy atom. The van der Waals surface area contributed by atoms with E-state index in [1.807, 2.05) is 48.5 Å². The first-order valence-corrected chi connectivity index (χ1v) is 8.54. The first kappa shape index (κ1) is 17.0. The fourth-order valence-electron chi connectivity index (χ4n) is 2.26. The molecule has 1 N–H and O–H groups in total. The number of methoxy groups -OCH3 is 1. The first-order chi connectivity index (χ1) is 12.1. The molecular formula is C19H17NO4S. The van der Waals surface area contributed by atoms with E-state index >= 15 is 0 Å². The summed E-state index contributed by atoms with van der Waals surface area (Å²) in [6.07, 6.45) is -0.0513. The summed E-state index contributed by atoms with van der Waals surface area (Å²) in [7, 11) is 1.63. The molecular weight excluding hydrogens is 338 g/mol. The molecule has 0 saturated heterocycles. The average Bonchev–Trinajstić information content (AvgIpc) is 3.08. The molecule has 0 radical (unpaired) electrons. The predicted octanol–water partition coefficient (Wildman–Crippen LogP) is 4.02. The maximum atomic E-state index is 10.7. The Morgan fingerprint density at radius 2 is 1.76 bits per heavy atom.